The zero-order chi connectivity index (χ0) is 26.2. The molecule has 0 atom stereocenters. The number of benzene rings is 7. The molecule has 2 heteroatoms. The van der Waals surface area contributed by atoms with Crippen LogP contribution in [0.2, 0.25) is 0 Å². The molecule has 0 fully saturated rings. The van der Waals surface area contributed by atoms with Gasteiger partial charge in [0.1, 0.15) is 0 Å². The molecule has 0 bridgehead atoms. The van der Waals surface area contributed by atoms with Gasteiger partial charge in [-0.1, -0.05) is 103 Å². The average Bonchev–Trinajstić information content (AvgIpc) is 3.56. The summed E-state index contributed by atoms with van der Waals surface area (Å²) in [6.07, 6.45) is 0. The lowest BCUT2D eigenvalue weighted by Gasteiger charge is -2.12. The molecule has 0 aliphatic rings. The molecule has 0 saturated carbocycles. The summed E-state index contributed by atoms with van der Waals surface area (Å²) in [5.74, 6) is 0. The molecule has 9 rings (SSSR count). The fourth-order valence-electron chi connectivity index (χ4n) is 6.92. The second-order valence-electron chi connectivity index (χ2n) is 10.5. The van der Waals surface area contributed by atoms with Gasteiger partial charge in [-0.25, -0.2) is 0 Å². The number of para-hydroxylation sites is 3. The second kappa shape index (κ2) is 8.08. The first-order valence-electron chi connectivity index (χ1n) is 13.8. The van der Waals surface area contributed by atoms with Gasteiger partial charge in [-0.15, -0.1) is 0 Å². The SMILES string of the molecule is c1ccc(-n2c3ccccc3c3c4c5c6ccccc6c6ccccc6c5n(-c5ccccc5)c4ccc32)cc1. The van der Waals surface area contributed by atoms with Crippen LogP contribution in [0.25, 0.3) is 76.5 Å². The highest BCUT2D eigenvalue weighted by Gasteiger charge is 2.23. The quantitative estimate of drug-likeness (QED) is 0.206. The van der Waals surface area contributed by atoms with Gasteiger partial charge in [0.15, 0.2) is 0 Å². The molecule has 0 spiro atoms. The van der Waals surface area contributed by atoms with E-state index in [1.807, 2.05) is 0 Å². The predicted octanol–water partition coefficient (Wildman–Crippen LogP) is 10.2. The van der Waals surface area contributed by atoms with E-state index in [0.29, 0.717) is 0 Å². The maximum absolute atomic E-state index is 2.48. The summed E-state index contributed by atoms with van der Waals surface area (Å²) in [6, 6.07) is 52.8. The Kier molecular flexibility index (Phi) is 4.36. The minimum atomic E-state index is 1.18. The van der Waals surface area contributed by atoms with Crippen molar-refractivity contribution >= 4 is 65.2 Å². The molecule has 0 saturated heterocycles. The molecule has 0 N–H and O–H groups in total. The molecule has 186 valence electrons. The third-order valence-electron chi connectivity index (χ3n) is 8.47. The molecule has 40 heavy (non-hydrogen) atoms. The van der Waals surface area contributed by atoms with Crippen molar-refractivity contribution in [3.05, 3.63) is 146 Å². The number of nitrogens with zero attached hydrogens (tertiary/aromatic N) is 2. The molecule has 9 aromatic rings. The van der Waals surface area contributed by atoms with Gasteiger partial charge in [-0.05, 0) is 58.6 Å². The van der Waals surface area contributed by atoms with Gasteiger partial charge in [0, 0.05) is 38.3 Å². The molecular formula is C38H24N2. The maximum atomic E-state index is 2.48. The van der Waals surface area contributed by atoms with Crippen molar-refractivity contribution in [1.82, 2.24) is 9.13 Å². The van der Waals surface area contributed by atoms with Crippen molar-refractivity contribution in [2.75, 3.05) is 0 Å². The molecule has 0 unspecified atom stereocenters. The topological polar surface area (TPSA) is 9.86 Å². The average molecular weight is 509 g/mol. The smallest absolute Gasteiger partial charge is 0.0626 e. The predicted molar refractivity (Wildman–Crippen MR) is 170 cm³/mol. The Bertz CT molecular complexity index is 2410. The van der Waals surface area contributed by atoms with Gasteiger partial charge in [-0.3, -0.25) is 0 Å². The van der Waals surface area contributed by atoms with E-state index in [1.165, 1.54) is 76.5 Å². The van der Waals surface area contributed by atoms with Gasteiger partial charge in [0.05, 0.1) is 22.1 Å². The number of rotatable bonds is 2. The molecule has 0 radical (unpaired) electrons. The fraction of sp³-hybridized carbons (Fsp3) is 0. The minimum absolute atomic E-state index is 1.18. The van der Waals surface area contributed by atoms with Gasteiger partial charge in [-0.2, -0.15) is 0 Å². The van der Waals surface area contributed by atoms with Crippen molar-refractivity contribution < 1.29 is 0 Å². The highest BCUT2D eigenvalue weighted by atomic mass is 15.0. The summed E-state index contributed by atoms with van der Waals surface area (Å²) in [5, 5.41) is 10.3. The fourth-order valence-corrected chi connectivity index (χ4v) is 6.92. The zero-order valence-electron chi connectivity index (χ0n) is 21.8. The number of fused-ring (bicyclic) bond motifs is 12. The number of aromatic nitrogens is 2. The van der Waals surface area contributed by atoms with Crippen molar-refractivity contribution in [2.45, 2.75) is 0 Å². The first-order chi connectivity index (χ1) is 19.9. The number of hydrogen-bond acceptors (Lipinski definition) is 0. The molecule has 2 heterocycles. The third kappa shape index (κ3) is 2.77. The summed E-state index contributed by atoms with van der Waals surface area (Å²) in [6.45, 7) is 0. The van der Waals surface area contributed by atoms with Crippen molar-refractivity contribution in [3.8, 4) is 11.4 Å². The van der Waals surface area contributed by atoms with Crippen LogP contribution in [0, 0.1) is 0 Å². The van der Waals surface area contributed by atoms with Crippen LogP contribution < -0.4 is 0 Å². The third-order valence-corrected chi connectivity index (χ3v) is 8.47. The molecule has 2 nitrogen and oxygen atoms in total. The standard InChI is InChI=1S/C38H24N2/c1-3-13-25(14-4-1)39-32-22-12-11-21-31(32)35-33(39)23-24-34-37(35)36-29-19-9-7-17-27(29)28-18-8-10-20-30(28)38(36)40(34)26-15-5-2-6-16-26/h1-24H. The summed E-state index contributed by atoms with van der Waals surface area (Å²) in [4.78, 5) is 0. The van der Waals surface area contributed by atoms with Crippen molar-refractivity contribution in [1.29, 1.82) is 0 Å². The maximum Gasteiger partial charge on any atom is 0.0626 e. The summed E-state index contributed by atoms with van der Waals surface area (Å²) in [7, 11) is 0. The highest BCUT2D eigenvalue weighted by molar-refractivity contribution is 6.38. The summed E-state index contributed by atoms with van der Waals surface area (Å²) in [5.41, 5.74) is 7.29. The highest BCUT2D eigenvalue weighted by Crippen LogP contribution is 2.47. The van der Waals surface area contributed by atoms with Crippen LogP contribution >= 0.6 is 0 Å². The van der Waals surface area contributed by atoms with Crippen LogP contribution in [0.5, 0.6) is 0 Å². The van der Waals surface area contributed by atoms with E-state index in [-0.39, 0.29) is 0 Å². The molecule has 0 aliphatic heterocycles. The Morgan fingerprint density at radius 1 is 0.275 bits per heavy atom. The van der Waals surface area contributed by atoms with Crippen molar-refractivity contribution in [3.63, 3.8) is 0 Å². The van der Waals surface area contributed by atoms with Crippen LogP contribution in [-0.2, 0) is 0 Å². The summed E-state index contributed by atoms with van der Waals surface area (Å²) >= 11 is 0. The second-order valence-corrected chi connectivity index (χ2v) is 10.5. The van der Waals surface area contributed by atoms with Gasteiger partial charge in [0.25, 0.3) is 0 Å². The van der Waals surface area contributed by atoms with E-state index in [1.54, 1.807) is 0 Å². The van der Waals surface area contributed by atoms with Crippen LogP contribution in [0.1, 0.15) is 0 Å². The molecule has 0 amide bonds. The van der Waals surface area contributed by atoms with Crippen LogP contribution in [0.15, 0.2) is 146 Å². The van der Waals surface area contributed by atoms with Crippen molar-refractivity contribution in [2.24, 2.45) is 0 Å². The van der Waals surface area contributed by atoms with Gasteiger partial charge in [0.2, 0.25) is 0 Å². The van der Waals surface area contributed by atoms with E-state index in [0.717, 1.165) is 0 Å². The number of hydrogen-bond donors (Lipinski definition) is 0. The van der Waals surface area contributed by atoms with Crippen LogP contribution in [0.3, 0.4) is 0 Å². The molecule has 7 aromatic carbocycles. The summed E-state index contributed by atoms with van der Waals surface area (Å²) < 4.78 is 4.90. The van der Waals surface area contributed by atoms with Crippen LogP contribution in [-0.4, -0.2) is 9.13 Å². The Balaban J connectivity index is 1.64. The lowest BCUT2D eigenvalue weighted by atomic mass is 9.95. The molecule has 2 aromatic heterocycles. The van der Waals surface area contributed by atoms with Crippen LogP contribution in [0.4, 0.5) is 0 Å². The minimum Gasteiger partial charge on any atom is -0.309 e. The Morgan fingerprint density at radius 2 is 0.750 bits per heavy atom. The largest absolute Gasteiger partial charge is 0.309 e. The van der Waals surface area contributed by atoms with E-state index in [9.17, 15) is 0 Å². The van der Waals surface area contributed by atoms with E-state index >= 15 is 0 Å². The Hall–Kier alpha value is -5.34. The molecular weight excluding hydrogens is 484 g/mol. The first kappa shape index (κ1) is 21.6. The first-order valence-corrected chi connectivity index (χ1v) is 13.8. The lowest BCUT2D eigenvalue weighted by Crippen LogP contribution is -1.95. The van der Waals surface area contributed by atoms with Gasteiger partial charge < -0.3 is 9.13 Å². The lowest BCUT2D eigenvalue weighted by molar-refractivity contribution is 1.17. The van der Waals surface area contributed by atoms with E-state index in [4.69, 9.17) is 0 Å². The zero-order valence-corrected chi connectivity index (χ0v) is 21.8. The van der Waals surface area contributed by atoms with Gasteiger partial charge >= 0.3 is 0 Å². The Labute approximate surface area is 230 Å². The normalized spacial score (nSPS) is 12.0. The van der Waals surface area contributed by atoms with E-state index in [2.05, 4.69) is 155 Å². The molecule has 0 aliphatic carbocycles. The Morgan fingerprint density at radius 3 is 1.43 bits per heavy atom. The monoisotopic (exact) mass is 508 g/mol. The van der Waals surface area contributed by atoms with E-state index < -0.39 is 0 Å².